The standard InChI is InChI=1S/C26H27Cl2N3O4/c27-16-3-7-21-15(9-16)10-19(30-21)13-29-25(33)14-1-5-18(6-2-14)31-26(34)24-12-22(32)20-11-17(28)4-8-23(20)35-24/h3-4,7-9,11,14,18,22,24,32H,1-2,5-6,10,12-13H2,(H,29,33)(H,31,34)/t14?,18?,22-,24-/m1/s1. The summed E-state index contributed by atoms with van der Waals surface area (Å²) < 4.78 is 5.82. The molecular weight excluding hydrogens is 489 g/mol. The first-order chi connectivity index (χ1) is 16.9. The van der Waals surface area contributed by atoms with Gasteiger partial charge in [0.25, 0.3) is 5.91 Å². The Bertz CT molecular complexity index is 1180. The molecule has 0 spiro atoms. The van der Waals surface area contributed by atoms with Gasteiger partial charge in [0, 0.05) is 46.1 Å². The van der Waals surface area contributed by atoms with E-state index in [9.17, 15) is 14.7 Å². The highest BCUT2D eigenvalue weighted by Crippen LogP contribution is 2.36. The maximum absolute atomic E-state index is 12.8. The molecule has 2 aliphatic heterocycles. The lowest BCUT2D eigenvalue weighted by Crippen LogP contribution is -2.47. The van der Waals surface area contributed by atoms with E-state index in [1.165, 1.54) is 0 Å². The Balaban J connectivity index is 1.07. The Hall–Kier alpha value is -2.61. The molecule has 7 nitrogen and oxygen atoms in total. The first kappa shape index (κ1) is 24.1. The second-order valence-corrected chi connectivity index (χ2v) is 10.3. The van der Waals surface area contributed by atoms with Crippen molar-refractivity contribution in [3.8, 4) is 5.75 Å². The first-order valence-electron chi connectivity index (χ1n) is 11.9. The Morgan fingerprint density at radius 2 is 1.77 bits per heavy atom. The van der Waals surface area contributed by atoms with Gasteiger partial charge in [-0.1, -0.05) is 23.2 Å². The van der Waals surface area contributed by atoms with Gasteiger partial charge in [0.15, 0.2) is 6.10 Å². The predicted molar refractivity (Wildman–Crippen MR) is 135 cm³/mol. The highest BCUT2D eigenvalue weighted by Gasteiger charge is 2.34. The fraction of sp³-hybridized carbons (Fsp3) is 0.423. The van der Waals surface area contributed by atoms with Crippen LogP contribution in [0.4, 0.5) is 5.69 Å². The molecule has 2 aromatic carbocycles. The zero-order chi connectivity index (χ0) is 24.5. The predicted octanol–water partition coefficient (Wildman–Crippen LogP) is 4.30. The van der Waals surface area contributed by atoms with E-state index >= 15 is 0 Å². The van der Waals surface area contributed by atoms with Gasteiger partial charge in [-0.05, 0) is 67.6 Å². The van der Waals surface area contributed by atoms with Gasteiger partial charge in [0.2, 0.25) is 5.91 Å². The zero-order valence-corrected chi connectivity index (χ0v) is 20.6. The second-order valence-electron chi connectivity index (χ2n) is 9.44. The lowest BCUT2D eigenvalue weighted by atomic mass is 9.85. The summed E-state index contributed by atoms with van der Waals surface area (Å²) in [7, 11) is 0. The van der Waals surface area contributed by atoms with Crippen molar-refractivity contribution in [2.24, 2.45) is 10.9 Å². The van der Waals surface area contributed by atoms with E-state index in [-0.39, 0.29) is 30.2 Å². The summed E-state index contributed by atoms with van der Waals surface area (Å²) in [6.45, 7) is 0.426. The van der Waals surface area contributed by atoms with Crippen LogP contribution in [0.3, 0.4) is 0 Å². The number of nitrogens with one attached hydrogen (secondary N) is 2. The summed E-state index contributed by atoms with van der Waals surface area (Å²) in [5.41, 5.74) is 3.52. The molecular formula is C26H27Cl2N3O4. The molecule has 0 unspecified atom stereocenters. The molecule has 0 radical (unpaired) electrons. The van der Waals surface area contributed by atoms with Gasteiger partial charge in [-0.15, -0.1) is 0 Å². The quantitative estimate of drug-likeness (QED) is 0.552. The lowest BCUT2D eigenvalue weighted by Gasteiger charge is -2.32. The summed E-state index contributed by atoms with van der Waals surface area (Å²) >= 11 is 12.0. The number of benzene rings is 2. The molecule has 3 N–H and O–H groups in total. The van der Waals surface area contributed by atoms with Gasteiger partial charge in [0.1, 0.15) is 5.75 Å². The molecule has 0 aromatic heterocycles. The van der Waals surface area contributed by atoms with Crippen molar-refractivity contribution in [1.29, 1.82) is 0 Å². The van der Waals surface area contributed by atoms with Gasteiger partial charge in [-0.25, -0.2) is 0 Å². The SMILES string of the molecule is O=C(NCC1=Nc2ccc(Cl)cc2C1)C1CCC(NC(=O)[C@H]2C[C@@H](O)c3cc(Cl)ccc3O2)CC1. The number of hydrogen-bond donors (Lipinski definition) is 3. The number of amides is 2. The summed E-state index contributed by atoms with van der Waals surface area (Å²) in [4.78, 5) is 30.1. The third-order valence-corrected chi connectivity index (χ3v) is 7.43. The largest absolute Gasteiger partial charge is 0.480 e. The van der Waals surface area contributed by atoms with Crippen LogP contribution in [-0.4, -0.2) is 41.3 Å². The number of fused-ring (bicyclic) bond motifs is 2. The number of nitrogens with zero attached hydrogens (tertiary/aromatic N) is 1. The summed E-state index contributed by atoms with van der Waals surface area (Å²) in [5, 5.41) is 17.7. The monoisotopic (exact) mass is 515 g/mol. The molecule has 0 bridgehead atoms. The van der Waals surface area contributed by atoms with Crippen LogP contribution in [0.25, 0.3) is 0 Å². The van der Waals surface area contributed by atoms with E-state index < -0.39 is 12.2 Å². The van der Waals surface area contributed by atoms with Gasteiger partial charge in [-0.3, -0.25) is 14.6 Å². The van der Waals surface area contributed by atoms with Gasteiger partial charge >= 0.3 is 0 Å². The number of aliphatic hydroxyl groups excluding tert-OH is 1. The Kier molecular flexibility index (Phi) is 7.00. The third kappa shape index (κ3) is 5.47. The molecule has 2 amide bonds. The summed E-state index contributed by atoms with van der Waals surface area (Å²) in [5.74, 6) is 0.190. The Morgan fingerprint density at radius 1 is 1.03 bits per heavy atom. The molecule has 1 saturated carbocycles. The second kappa shape index (κ2) is 10.2. The van der Waals surface area contributed by atoms with Crippen molar-refractivity contribution in [2.45, 2.75) is 56.8 Å². The van der Waals surface area contributed by atoms with Crippen molar-refractivity contribution < 1.29 is 19.4 Å². The fourth-order valence-electron chi connectivity index (χ4n) is 5.04. The van der Waals surface area contributed by atoms with Crippen molar-refractivity contribution >= 4 is 46.4 Å². The minimum Gasteiger partial charge on any atom is -0.480 e. The van der Waals surface area contributed by atoms with E-state index in [0.717, 1.165) is 29.8 Å². The van der Waals surface area contributed by atoms with E-state index in [0.29, 0.717) is 47.2 Å². The summed E-state index contributed by atoms with van der Waals surface area (Å²) in [6, 6.07) is 10.6. The van der Waals surface area contributed by atoms with Crippen LogP contribution in [0.15, 0.2) is 41.4 Å². The smallest absolute Gasteiger partial charge is 0.261 e. The fourth-order valence-corrected chi connectivity index (χ4v) is 5.42. The minimum atomic E-state index is -0.804. The average Bonchev–Trinajstić information content (AvgIpc) is 3.25. The van der Waals surface area contributed by atoms with Crippen molar-refractivity contribution in [3.05, 3.63) is 57.6 Å². The summed E-state index contributed by atoms with van der Waals surface area (Å²) in [6.07, 6.45) is 2.16. The van der Waals surface area contributed by atoms with Crippen LogP contribution in [0.5, 0.6) is 5.75 Å². The molecule has 35 heavy (non-hydrogen) atoms. The molecule has 2 atom stereocenters. The highest BCUT2D eigenvalue weighted by molar-refractivity contribution is 6.31. The topological polar surface area (TPSA) is 100 Å². The molecule has 0 saturated heterocycles. The molecule has 1 aliphatic carbocycles. The van der Waals surface area contributed by atoms with Gasteiger partial charge < -0.3 is 20.5 Å². The van der Waals surface area contributed by atoms with Crippen LogP contribution in [0.2, 0.25) is 10.0 Å². The van der Waals surface area contributed by atoms with E-state index in [4.69, 9.17) is 27.9 Å². The molecule has 5 rings (SSSR count). The number of carbonyl (C=O) groups excluding carboxylic acids is 2. The van der Waals surface area contributed by atoms with Gasteiger partial charge in [0.05, 0.1) is 18.3 Å². The number of ether oxygens (including phenoxy) is 1. The van der Waals surface area contributed by atoms with Crippen molar-refractivity contribution in [1.82, 2.24) is 10.6 Å². The van der Waals surface area contributed by atoms with Crippen LogP contribution in [0.1, 0.15) is 49.3 Å². The number of halogens is 2. The maximum atomic E-state index is 12.8. The van der Waals surface area contributed by atoms with E-state index in [1.54, 1.807) is 18.2 Å². The van der Waals surface area contributed by atoms with Crippen molar-refractivity contribution in [3.63, 3.8) is 0 Å². The van der Waals surface area contributed by atoms with Crippen LogP contribution >= 0.6 is 23.2 Å². The highest BCUT2D eigenvalue weighted by atomic mass is 35.5. The maximum Gasteiger partial charge on any atom is 0.261 e. The molecule has 3 aliphatic rings. The van der Waals surface area contributed by atoms with Gasteiger partial charge in [-0.2, -0.15) is 0 Å². The third-order valence-electron chi connectivity index (χ3n) is 6.96. The number of aliphatic hydroxyl groups is 1. The number of rotatable bonds is 5. The minimum absolute atomic E-state index is 0.0163. The molecule has 9 heteroatoms. The Morgan fingerprint density at radius 3 is 2.57 bits per heavy atom. The lowest BCUT2D eigenvalue weighted by molar-refractivity contribution is -0.131. The van der Waals surface area contributed by atoms with E-state index in [1.807, 2.05) is 18.2 Å². The molecule has 2 aromatic rings. The van der Waals surface area contributed by atoms with Crippen LogP contribution < -0.4 is 15.4 Å². The molecule has 2 heterocycles. The van der Waals surface area contributed by atoms with Crippen LogP contribution in [0, 0.1) is 5.92 Å². The molecule has 1 fully saturated rings. The number of hydrogen-bond acceptors (Lipinski definition) is 5. The van der Waals surface area contributed by atoms with Crippen LogP contribution in [-0.2, 0) is 16.0 Å². The van der Waals surface area contributed by atoms with E-state index in [2.05, 4.69) is 15.6 Å². The van der Waals surface area contributed by atoms with Crippen molar-refractivity contribution in [2.75, 3.05) is 6.54 Å². The number of aliphatic imine (C=N–C) groups is 1. The first-order valence-corrected chi connectivity index (χ1v) is 12.7. The Labute approximate surface area is 213 Å². The molecule has 184 valence electrons. The zero-order valence-electron chi connectivity index (χ0n) is 19.1. The average molecular weight is 516 g/mol. The number of carbonyl (C=O) groups is 2. The normalized spacial score (nSPS) is 25.1.